The molecule has 7 nitrogen and oxygen atoms in total. The minimum atomic E-state index is -0.519. The molecule has 1 fully saturated rings. The van der Waals surface area contributed by atoms with E-state index in [1.165, 1.54) is 10.9 Å². The lowest BCUT2D eigenvalue weighted by Gasteiger charge is -2.22. The number of halogens is 1. The second kappa shape index (κ2) is 6.49. The van der Waals surface area contributed by atoms with Gasteiger partial charge in [0.15, 0.2) is 0 Å². The van der Waals surface area contributed by atoms with Crippen LogP contribution in [0.1, 0.15) is 18.4 Å². The molecule has 8 heteroatoms. The van der Waals surface area contributed by atoms with Gasteiger partial charge < -0.3 is 4.90 Å². The van der Waals surface area contributed by atoms with E-state index in [1.807, 2.05) is 29.2 Å². The number of nitrogens with zero attached hydrogens (tertiary/aromatic N) is 4. The molecule has 0 aliphatic heterocycles. The third-order valence-corrected chi connectivity index (χ3v) is 4.23. The number of carbonyl (C=O) groups is 1. The zero-order valence-corrected chi connectivity index (χ0v) is 13.8. The third kappa shape index (κ3) is 3.95. The molecule has 0 radical (unpaired) electrons. The Bertz CT molecular complexity index is 725. The van der Waals surface area contributed by atoms with E-state index < -0.39 is 4.92 Å². The summed E-state index contributed by atoms with van der Waals surface area (Å²) in [5.74, 6) is -0.0755. The van der Waals surface area contributed by atoms with E-state index in [2.05, 4.69) is 21.0 Å². The van der Waals surface area contributed by atoms with Crippen molar-refractivity contribution >= 4 is 27.5 Å². The van der Waals surface area contributed by atoms with Crippen LogP contribution < -0.4 is 0 Å². The van der Waals surface area contributed by atoms with Crippen LogP contribution in [-0.4, -0.2) is 31.6 Å². The van der Waals surface area contributed by atoms with Gasteiger partial charge in [0.1, 0.15) is 18.9 Å². The van der Waals surface area contributed by atoms with Crippen LogP contribution in [0.2, 0.25) is 0 Å². The lowest BCUT2D eigenvalue weighted by Crippen LogP contribution is -2.35. The van der Waals surface area contributed by atoms with Gasteiger partial charge in [-0.05, 0) is 30.5 Å². The highest BCUT2D eigenvalue weighted by Crippen LogP contribution is 2.29. The lowest BCUT2D eigenvalue weighted by atomic mass is 10.2. The monoisotopic (exact) mass is 378 g/mol. The molecule has 0 spiro atoms. The summed E-state index contributed by atoms with van der Waals surface area (Å²) in [5.41, 5.74) is 0.948. The zero-order valence-electron chi connectivity index (χ0n) is 12.3. The van der Waals surface area contributed by atoms with Crippen molar-refractivity contribution in [2.45, 2.75) is 32.0 Å². The van der Waals surface area contributed by atoms with Gasteiger partial charge in [0.2, 0.25) is 5.91 Å². The second-order valence-electron chi connectivity index (χ2n) is 5.53. The van der Waals surface area contributed by atoms with Crippen molar-refractivity contribution in [2.75, 3.05) is 0 Å². The maximum absolute atomic E-state index is 12.5. The van der Waals surface area contributed by atoms with Crippen molar-refractivity contribution in [2.24, 2.45) is 0 Å². The summed E-state index contributed by atoms with van der Waals surface area (Å²) in [6, 6.07) is 8.11. The first-order chi connectivity index (χ1) is 11.0. The predicted molar refractivity (Wildman–Crippen MR) is 86.6 cm³/mol. The minimum Gasteiger partial charge on any atom is -0.334 e. The Hall–Kier alpha value is -2.22. The third-order valence-electron chi connectivity index (χ3n) is 3.70. The smallest absolute Gasteiger partial charge is 0.307 e. The maximum Gasteiger partial charge on any atom is 0.307 e. The van der Waals surface area contributed by atoms with E-state index in [1.54, 1.807) is 0 Å². The highest BCUT2D eigenvalue weighted by atomic mass is 79.9. The molecule has 1 aliphatic rings. The normalized spacial score (nSPS) is 13.8. The number of hydrogen-bond acceptors (Lipinski definition) is 4. The van der Waals surface area contributed by atoms with Gasteiger partial charge in [-0.25, -0.2) is 0 Å². The fraction of sp³-hybridized carbons (Fsp3) is 0.333. The van der Waals surface area contributed by atoms with Crippen LogP contribution >= 0.6 is 15.9 Å². The average Bonchev–Trinajstić information content (AvgIpc) is 3.25. The van der Waals surface area contributed by atoms with Crippen molar-refractivity contribution in [3.05, 3.63) is 56.8 Å². The van der Waals surface area contributed by atoms with Crippen LogP contribution in [0.15, 0.2) is 41.1 Å². The Morgan fingerprint density at radius 2 is 2.09 bits per heavy atom. The van der Waals surface area contributed by atoms with Crippen molar-refractivity contribution < 1.29 is 9.72 Å². The molecule has 0 saturated heterocycles. The molecule has 0 bridgehead atoms. The summed E-state index contributed by atoms with van der Waals surface area (Å²) in [5, 5.41) is 14.6. The van der Waals surface area contributed by atoms with E-state index in [-0.39, 0.29) is 24.2 Å². The topological polar surface area (TPSA) is 81.3 Å². The van der Waals surface area contributed by atoms with Crippen LogP contribution in [0.5, 0.6) is 0 Å². The molecule has 1 aromatic heterocycles. The summed E-state index contributed by atoms with van der Waals surface area (Å²) < 4.78 is 2.31. The Balaban J connectivity index is 1.68. The summed E-state index contributed by atoms with van der Waals surface area (Å²) in [6.45, 7) is 0.557. The van der Waals surface area contributed by atoms with Crippen LogP contribution in [0, 0.1) is 10.1 Å². The first-order valence-electron chi connectivity index (χ1n) is 7.23. The molecule has 0 N–H and O–H groups in total. The first-order valence-corrected chi connectivity index (χ1v) is 8.03. The molecular weight excluding hydrogens is 364 g/mol. The van der Waals surface area contributed by atoms with E-state index in [4.69, 9.17) is 0 Å². The van der Waals surface area contributed by atoms with Crippen molar-refractivity contribution in [1.82, 2.24) is 14.7 Å². The SMILES string of the molecule is O=C(Cn1cc([N+](=O)[O-])cn1)N(Cc1ccc(Br)cc1)C1CC1. The molecule has 1 heterocycles. The lowest BCUT2D eigenvalue weighted by molar-refractivity contribution is -0.385. The summed E-state index contributed by atoms with van der Waals surface area (Å²) in [7, 11) is 0. The zero-order chi connectivity index (χ0) is 16.4. The van der Waals surface area contributed by atoms with Crippen molar-refractivity contribution in [1.29, 1.82) is 0 Å². The number of amides is 1. The van der Waals surface area contributed by atoms with Gasteiger partial charge in [0.05, 0.1) is 4.92 Å². The van der Waals surface area contributed by atoms with E-state index in [0.29, 0.717) is 6.54 Å². The van der Waals surface area contributed by atoms with Gasteiger partial charge in [-0.1, -0.05) is 28.1 Å². The quantitative estimate of drug-likeness (QED) is 0.571. The molecule has 0 unspecified atom stereocenters. The largest absolute Gasteiger partial charge is 0.334 e. The van der Waals surface area contributed by atoms with Gasteiger partial charge in [-0.3, -0.25) is 19.6 Å². The van der Waals surface area contributed by atoms with Crippen LogP contribution in [0.3, 0.4) is 0 Å². The molecular formula is C15H15BrN4O3. The van der Waals surface area contributed by atoms with Crippen molar-refractivity contribution in [3.8, 4) is 0 Å². The Morgan fingerprint density at radius 1 is 1.39 bits per heavy atom. The number of benzene rings is 1. The molecule has 3 rings (SSSR count). The summed E-state index contributed by atoms with van der Waals surface area (Å²) >= 11 is 3.39. The van der Waals surface area contributed by atoms with Gasteiger partial charge >= 0.3 is 5.69 Å². The number of rotatable bonds is 6. The molecule has 23 heavy (non-hydrogen) atoms. The average molecular weight is 379 g/mol. The van der Waals surface area contributed by atoms with Crippen molar-refractivity contribution in [3.63, 3.8) is 0 Å². The predicted octanol–water partition coefficient (Wildman–Crippen LogP) is 2.75. The fourth-order valence-electron chi connectivity index (χ4n) is 2.36. The second-order valence-corrected chi connectivity index (χ2v) is 6.45. The number of carbonyl (C=O) groups excluding carboxylic acids is 1. The first kappa shape index (κ1) is 15.7. The maximum atomic E-state index is 12.5. The van der Waals surface area contributed by atoms with E-state index >= 15 is 0 Å². The molecule has 2 aromatic rings. The molecule has 0 atom stereocenters. The van der Waals surface area contributed by atoms with E-state index in [9.17, 15) is 14.9 Å². The molecule has 1 saturated carbocycles. The number of hydrogen-bond donors (Lipinski definition) is 0. The van der Waals surface area contributed by atoms with Gasteiger partial charge in [-0.15, -0.1) is 0 Å². The molecule has 1 aromatic carbocycles. The summed E-state index contributed by atoms with van der Waals surface area (Å²) in [6.07, 6.45) is 4.44. The van der Waals surface area contributed by atoms with Gasteiger partial charge in [0, 0.05) is 17.1 Å². The van der Waals surface area contributed by atoms with Crippen LogP contribution in [0.25, 0.3) is 0 Å². The highest BCUT2D eigenvalue weighted by molar-refractivity contribution is 9.10. The molecule has 120 valence electrons. The highest BCUT2D eigenvalue weighted by Gasteiger charge is 2.32. The Kier molecular flexibility index (Phi) is 4.42. The number of aromatic nitrogens is 2. The van der Waals surface area contributed by atoms with E-state index in [0.717, 1.165) is 29.1 Å². The molecule has 1 aliphatic carbocycles. The van der Waals surface area contributed by atoms with Crippen LogP contribution in [0.4, 0.5) is 5.69 Å². The summed E-state index contributed by atoms with van der Waals surface area (Å²) in [4.78, 5) is 24.5. The fourth-order valence-corrected chi connectivity index (χ4v) is 2.62. The minimum absolute atomic E-state index is 0.0148. The standard InChI is InChI=1S/C15H15BrN4O3/c16-12-3-1-11(2-4-12)8-19(13-5-6-13)15(21)10-18-9-14(7-17-18)20(22)23/h1-4,7,9,13H,5-6,8,10H2. The Morgan fingerprint density at radius 3 is 2.65 bits per heavy atom. The molecule has 1 amide bonds. The van der Waals surface area contributed by atoms with Gasteiger partial charge in [0.25, 0.3) is 0 Å². The number of nitro groups is 1. The Labute approximate surface area is 141 Å². The van der Waals surface area contributed by atoms with Crippen LogP contribution in [-0.2, 0) is 17.9 Å². The van der Waals surface area contributed by atoms with Gasteiger partial charge in [-0.2, -0.15) is 5.10 Å².